The molecule has 0 spiro atoms. The van der Waals surface area contributed by atoms with Crippen molar-refractivity contribution in [1.82, 2.24) is 19.1 Å². The number of hydrogen-bond donors (Lipinski definition) is 1. The molecule has 10 nitrogen and oxygen atoms in total. The van der Waals surface area contributed by atoms with E-state index in [0.29, 0.717) is 30.3 Å². The van der Waals surface area contributed by atoms with E-state index in [4.69, 9.17) is 9.47 Å². The molecule has 0 saturated heterocycles. The van der Waals surface area contributed by atoms with Gasteiger partial charge in [0.05, 0.1) is 13.0 Å². The molecule has 0 unspecified atom stereocenters. The minimum atomic E-state index is -0.552. The molecule has 0 aliphatic carbocycles. The number of imidazole rings is 1. The number of ether oxygens (including phenoxy) is 2. The standard InChI is InChI=1S/C26H34N4O6/c1-4-6-8-16-35-19-11-9-18(10-12-19)20(31)13-14-22(32)36-17-21-27-24-23(29(21)3)25(33)28-26(34)30(24)15-7-5-2/h9-12H,4-8,13-17H2,1-3H3,(H,28,33,34). The SMILES string of the molecule is CCCCCOc1ccc(C(=O)CCC(=O)OCc2nc3c(c(=O)[nH]c(=O)n3CCCC)n2C)cc1. The van der Waals surface area contributed by atoms with Gasteiger partial charge in [0.2, 0.25) is 0 Å². The van der Waals surface area contributed by atoms with E-state index in [1.54, 1.807) is 31.3 Å². The van der Waals surface area contributed by atoms with Gasteiger partial charge in [-0.2, -0.15) is 0 Å². The number of rotatable bonds is 14. The van der Waals surface area contributed by atoms with Crippen molar-refractivity contribution >= 4 is 22.9 Å². The van der Waals surface area contributed by atoms with Crippen LogP contribution in [0.2, 0.25) is 0 Å². The fourth-order valence-corrected chi connectivity index (χ4v) is 3.80. The molecule has 0 saturated carbocycles. The van der Waals surface area contributed by atoms with Crippen LogP contribution in [-0.2, 0) is 29.7 Å². The Morgan fingerprint density at radius 1 is 1.00 bits per heavy atom. The number of aromatic nitrogens is 4. The molecule has 0 atom stereocenters. The second-order valence-corrected chi connectivity index (χ2v) is 8.69. The largest absolute Gasteiger partial charge is 0.494 e. The molecule has 1 aromatic carbocycles. The maximum Gasteiger partial charge on any atom is 0.330 e. The molecule has 0 aliphatic rings. The average Bonchev–Trinajstić information content (AvgIpc) is 3.20. The summed E-state index contributed by atoms with van der Waals surface area (Å²) in [5.74, 6) is 0.325. The third-order valence-electron chi connectivity index (χ3n) is 5.95. The zero-order valence-electron chi connectivity index (χ0n) is 21.2. The lowest BCUT2D eigenvalue weighted by atomic mass is 10.1. The lowest BCUT2D eigenvalue weighted by Crippen LogP contribution is -2.31. The molecule has 0 aliphatic heterocycles. The van der Waals surface area contributed by atoms with Crippen molar-refractivity contribution in [3.8, 4) is 5.75 Å². The summed E-state index contributed by atoms with van der Waals surface area (Å²) in [4.78, 5) is 56.0. The maximum absolute atomic E-state index is 12.5. The molecule has 0 radical (unpaired) electrons. The predicted molar refractivity (Wildman–Crippen MR) is 135 cm³/mol. The topological polar surface area (TPSA) is 125 Å². The van der Waals surface area contributed by atoms with Gasteiger partial charge in [-0.05, 0) is 37.1 Å². The number of nitrogens with zero attached hydrogens (tertiary/aromatic N) is 3. The Bertz CT molecular complexity index is 1300. The molecule has 194 valence electrons. The molecule has 2 aromatic heterocycles. The minimum Gasteiger partial charge on any atom is -0.494 e. The first-order valence-corrected chi connectivity index (χ1v) is 12.5. The summed E-state index contributed by atoms with van der Waals surface area (Å²) < 4.78 is 13.9. The highest BCUT2D eigenvalue weighted by Gasteiger charge is 2.18. The summed E-state index contributed by atoms with van der Waals surface area (Å²) in [6.07, 6.45) is 4.78. The van der Waals surface area contributed by atoms with E-state index < -0.39 is 17.2 Å². The van der Waals surface area contributed by atoms with Gasteiger partial charge >= 0.3 is 11.7 Å². The normalized spacial score (nSPS) is 11.1. The number of nitrogens with one attached hydrogen (secondary N) is 1. The van der Waals surface area contributed by atoms with Gasteiger partial charge in [-0.3, -0.25) is 23.9 Å². The Kier molecular flexibility index (Phi) is 9.61. The molecule has 10 heteroatoms. The third-order valence-corrected chi connectivity index (χ3v) is 5.95. The monoisotopic (exact) mass is 498 g/mol. The van der Waals surface area contributed by atoms with E-state index in [2.05, 4.69) is 16.9 Å². The van der Waals surface area contributed by atoms with Crippen molar-refractivity contribution in [2.45, 2.75) is 71.9 Å². The molecule has 3 rings (SSSR count). The molecule has 0 fully saturated rings. The van der Waals surface area contributed by atoms with Crippen LogP contribution < -0.4 is 16.0 Å². The van der Waals surface area contributed by atoms with Gasteiger partial charge in [0.25, 0.3) is 5.56 Å². The third kappa shape index (κ3) is 6.71. The van der Waals surface area contributed by atoms with Gasteiger partial charge in [-0.15, -0.1) is 0 Å². The Labute approximate surface area is 209 Å². The quantitative estimate of drug-likeness (QED) is 0.205. The van der Waals surface area contributed by atoms with Gasteiger partial charge < -0.3 is 14.0 Å². The summed E-state index contributed by atoms with van der Waals surface area (Å²) in [5.41, 5.74) is -0.0535. The predicted octanol–water partition coefficient (Wildman–Crippen LogP) is 3.50. The summed E-state index contributed by atoms with van der Waals surface area (Å²) in [6, 6.07) is 6.89. The molecular formula is C26H34N4O6. The van der Waals surface area contributed by atoms with E-state index in [0.717, 1.165) is 32.1 Å². The highest BCUT2D eigenvalue weighted by atomic mass is 16.5. The second-order valence-electron chi connectivity index (χ2n) is 8.69. The number of carbonyl (C=O) groups is 2. The summed E-state index contributed by atoms with van der Waals surface area (Å²) in [5, 5.41) is 0. The molecule has 0 amide bonds. The van der Waals surface area contributed by atoms with Gasteiger partial charge in [-0.1, -0.05) is 33.1 Å². The van der Waals surface area contributed by atoms with Crippen molar-refractivity contribution in [2.24, 2.45) is 7.05 Å². The van der Waals surface area contributed by atoms with Crippen LogP contribution in [0.4, 0.5) is 0 Å². The fraction of sp³-hybridized carbons (Fsp3) is 0.500. The number of hydrogen-bond acceptors (Lipinski definition) is 7. The molecule has 3 aromatic rings. The summed E-state index contributed by atoms with van der Waals surface area (Å²) in [7, 11) is 1.63. The van der Waals surface area contributed by atoms with Crippen molar-refractivity contribution < 1.29 is 19.1 Å². The van der Waals surface area contributed by atoms with Crippen molar-refractivity contribution in [3.05, 3.63) is 56.5 Å². The van der Waals surface area contributed by atoms with Gasteiger partial charge in [0.1, 0.15) is 18.2 Å². The molecule has 2 heterocycles. The lowest BCUT2D eigenvalue weighted by Gasteiger charge is -2.07. The van der Waals surface area contributed by atoms with E-state index in [1.807, 2.05) is 6.92 Å². The first kappa shape index (κ1) is 26.9. The minimum absolute atomic E-state index is 0.00824. The Balaban J connectivity index is 1.56. The van der Waals surface area contributed by atoms with Crippen LogP contribution in [0.5, 0.6) is 5.75 Å². The Hall–Kier alpha value is -3.69. The van der Waals surface area contributed by atoms with Crippen molar-refractivity contribution in [3.63, 3.8) is 0 Å². The number of aromatic amines is 1. The van der Waals surface area contributed by atoms with Crippen LogP contribution in [0.25, 0.3) is 11.2 Å². The number of carbonyl (C=O) groups excluding carboxylic acids is 2. The number of fused-ring (bicyclic) bond motifs is 1. The Morgan fingerprint density at radius 3 is 2.42 bits per heavy atom. The summed E-state index contributed by atoms with van der Waals surface area (Å²) >= 11 is 0. The maximum atomic E-state index is 12.5. The van der Waals surface area contributed by atoms with Crippen LogP contribution >= 0.6 is 0 Å². The van der Waals surface area contributed by atoms with Crippen LogP contribution in [0.15, 0.2) is 33.9 Å². The van der Waals surface area contributed by atoms with Crippen LogP contribution in [-0.4, -0.2) is 37.5 Å². The summed E-state index contributed by atoms with van der Waals surface area (Å²) in [6.45, 7) is 5.02. The fourth-order valence-electron chi connectivity index (χ4n) is 3.80. The van der Waals surface area contributed by atoms with Gasteiger partial charge in [0, 0.05) is 25.6 Å². The zero-order chi connectivity index (χ0) is 26.1. The number of ketones is 1. The molecular weight excluding hydrogens is 464 g/mol. The number of benzene rings is 1. The number of aryl methyl sites for hydroxylation is 2. The van der Waals surface area contributed by atoms with E-state index in [9.17, 15) is 19.2 Å². The lowest BCUT2D eigenvalue weighted by molar-refractivity contribution is -0.145. The van der Waals surface area contributed by atoms with Crippen LogP contribution in [0, 0.1) is 0 Å². The highest BCUT2D eigenvalue weighted by Crippen LogP contribution is 2.16. The molecule has 1 N–H and O–H groups in total. The number of esters is 1. The first-order chi connectivity index (χ1) is 17.3. The zero-order valence-corrected chi connectivity index (χ0v) is 21.2. The number of Topliss-reactive ketones (excluding diaryl/α,β-unsaturated/α-hetero) is 1. The molecule has 0 bridgehead atoms. The smallest absolute Gasteiger partial charge is 0.330 e. The van der Waals surface area contributed by atoms with Gasteiger partial charge in [-0.25, -0.2) is 9.78 Å². The van der Waals surface area contributed by atoms with Crippen LogP contribution in [0.1, 0.15) is 75.0 Å². The average molecular weight is 499 g/mol. The number of unbranched alkanes of at least 4 members (excludes halogenated alkanes) is 3. The van der Waals surface area contributed by atoms with Gasteiger partial charge in [0.15, 0.2) is 16.9 Å². The van der Waals surface area contributed by atoms with E-state index >= 15 is 0 Å². The van der Waals surface area contributed by atoms with Crippen molar-refractivity contribution in [2.75, 3.05) is 6.61 Å². The first-order valence-electron chi connectivity index (χ1n) is 12.5. The Morgan fingerprint density at radius 2 is 1.72 bits per heavy atom. The highest BCUT2D eigenvalue weighted by molar-refractivity contribution is 5.97. The molecule has 36 heavy (non-hydrogen) atoms. The van der Waals surface area contributed by atoms with Crippen molar-refractivity contribution in [1.29, 1.82) is 0 Å². The van der Waals surface area contributed by atoms with E-state index in [-0.39, 0.29) is 36.4 Å². The number of H-pyrrole nitrogens is 1. The van der Waals surface area contributed by atoms with Crippen LogP contribution in [0.3, 0.4) is 0 Å². The second kappa shape index (κ2) is 12.9. The van der Waals surface area contributed by atoms with E-state index in [1.165, 1.54) is 9.13 Å².